The lowest BCUT2D eigenvalue weighted by molar-refractivity contribution is 0.182. The standard InChI is InChI=1S/C26H32N2O/c29-27-26-13-7-12-23-20-24(14-15-25(23)26)28(18-16-21-8-3-1-4-9-21)19-17-22-10-5-2-6-11-22/h1-6,8-11,24,29H,7,12-20H2. The van der Waals surface area contributed by atoms with Crippen molar-refractivity contribution >= 4 is 5.71 Å². The maximum absolute atomic E-state index is 9.37. The Bertz CT molecular complexity index is 798. The Morgan fingerprint density at radius 3 is 2.03 bits per heavy atom. The van der Waals surface area contributed by atoms with Crippen LogP contribution in [0, 0.1) is 0 Å². The molecule has 152 valence electrons. The van der Waals surface area contributed by atoms with E-state index in [9.17, 15) is 5.21 Å². The molecule has 1 atom stereocenters. The third-order valence-electron chi connectivity index (χ3n) is 6.57. The number of hydrogen-bond donors (Lipinski definition) is 1. The zero-order chi connectivity index (χ0) is 19.9. The molecule has 0 aliphatic heterocycles. The van der Waals surface area contributed by atoms with Gasteiger partial charge < -0.3 is 5.21 Å². The van der Waals surface area contributed by atoms with Crippen LogP contribution >= 0.6 is 0 Å². The summed E-state index contributed by atoms with van der Waals surface area (Å²) in [4.78, 5) is 2.72. The molecule has 0 spiro atoms. The molecule has 2 aliphatic rings. The summed E-state index contributed by atoms with van der Waals surface area (Å²) in [6.45, 7) is 2.20. The fourth-order valence-electron chi connectivity index (χ4n) is 4.95. The molecule has 0 saturated carbocycles. The second-order valence-corrected chi connectivity index (χ2v) is 8.39. The molecular formula is C26H32N2O. The lowest BCUT2D eigenvalue weighted by Crippen LogP contribution is -2.41. The first kappa shape index (κ1) is 19.9. The van der Waals surface area contributed by atoms with Gasteiger partial charge in [0.1, 0.15) is 0 Å². The molecule has 29 heavy (non-hydrogen) atoms. The molecule has 1 N–H and O–H groups in total. The SMILES string of the molecule is ON=C1CCCC2=C1CCC(N(CCc1ccccc1)CCc1ccccc1)C2. The van der Waals surface area contributed by atoms with Crippen molar-refractivity contribution in [2.24, 2.45) is 5.16 Å². The number of hydrogen-bond acceptors (Lipinski definition) is 3. The van der Waals surface area contributed by atoms with Crippen LogP contribution in [-0.4, -0.2) is 35.0 Å². The van der Waals surface area contributed by atoms with E-state index in [1.807, 2.05) is 0 Å². The summed E-state index contributed by atoms with van der Waals surface area (Å²) in [6, 6.07) is 22.3. The van der Waals surface area contributed by atoms with Gasteiger partial charge in [-0.25, -0.2) is 0 Å². The fourth-order valence-corrected chi connectivity index (χ4v) is 4.95. The largest absolute Gasteiger partial charge is 0.411 e. The minimum atomic E-state index is 0.596. The van der Waals surface area contributed by atoms with Gasteiger partial charge in [0, 0.05) is 19.1 Å². The molecule has 3 heteroatoms. The zero-order valence-corrected chi connectivity index (χ0v) is 17.3. The van der Waals surface area contributed by atoms with Gasteiger partial charge in [0.15, 0.2) is 0 Å². The van der Waals surface area contributed by atoms with Crippen LogP contribution in [0.25, 0.3) is 0 Å². The van der Waals surface area contributed by atoms with Gasteiger partial charge in [0.2, 0.25) is 0 Å². The minimum absolute atomic E-state index is 0.596. The Morgan fingerprint density at radius 1 is 0.828 bits per heavy atom. The minimum Gasteiger partial charge on any atom is -0.411 e. The molecule has 2 aromatic rings. The van der Waals surface area contributed by atoms with E-state index in [4.69, 9.17) is 0 Å². The average molecular weight is 389 g/mol. The molecule has 0 amide bonds. The van der Waals surface area contributed by atoms with Gasteiger partial charge in [-0.1, -0.05) is 71.4 Å². The first-order chi connectivity index (χ1) is 14.3. The topological polar surface area (TPSA) is 35.8 Å². The van der Waals surface area contributed by atoms with Gasteiger partial charge in [-0.3, -0.25) is 4.90 Å². The van der Waals surface area contributed by atoms with Crippen molar-refractivity contribution in [2.75, 3.05) is 13.1 Å². The quantitative estimate of drug-likeness (QED) is 0.492. The number of benzene rings is 2. The van der Waals surface area contributed by atoms with E-state index >= 15 is 0 Å². The second kappa shape index (κ2) is 9.89. The number of rotatable bonds is 7. The Kier molecular flexibility index (Phi) is 6.79. The lowest BCUT2D eigenvalue weighted by atomic mass is 9.78. The summed E-state index contributed by atoms with van der Waals surface area (Å²) in [5.74, 6) is 0. The Hall–Kier alpha value is -2.39. The van der Waals surface area contributed by atoms with Crippen molar-refractivity contribution in [3.63, 3.8) is 0 Å². The van der Waals surface area contributed by atoms with Crippen molar-refractivity contribution in [3.8, 4) is 0 Å². The first-order valence-electron chi connectivity index (χ1n) is 11.1. The first-order valence-corrected chi connectivity index (χ1v) is 11.1. The van der Waals surface area contributed by atoms with Crippen LogP contribution in [0.15, 0.2) is 77.0 Å². The molecule has 1 unspecified atom stereocenters. The van der Waals surface area contributed by atoms with Crippen LogP contribution in [0.1, 0.15) is 49.7 Å². The van der Waals surface area contributed by atoms with Crippen LogP contribution in [0.4, 0.5) is 0 Å². The van der Waals surface area contributed by atoms with Gasteiger partial charge in [-0.2, -0.15) is 0 Å². The molecule has 0 heterocycles. The van der Waals surface area contributed by atoms with Crippen LogP contribution in [0.3, 0.4) is 0 Å². The monoisotopic (exact) mass is 388 g/mol. The van der Waals surface area contributed by atoms with E-state index in [2.05, 4.69) is 70.7 Å². The van der Waals surface area contributed by atoms with E-state index < -0.39 is 0 Å². The highest BCUT2D eigenvalue weighted by Gasteiger charge is 2.29. The summed E-state index contributed by atoms with van der Waals surface area (Å²) in [6.07, 6.45) is 8.80. The third kappa shape index (κ3) is 5.16. The van der Waals surface area contributed by atoms with Crippen LogP contribution in [0.5, 0.6) is 0 Å². The predicted molar refractivity (Wildman–Crippen MR) is 120 cm³/mol. The predicted octanol–water partition coefficient (Wildman–Crippen LogP) is 5.64. The molecule has 0 bridgehead atoms. The number of allylic oxidation sites excluding steroid dienone is 1. The van der Waals surface area contributed by atoms with E-state index in [1.165, 1.54) is 29.5 Å². The fraction of sp³-hybridized carbons (Fsp3) is 0.423. The summed E-state index contributed by atoms with van der Waals surface area (Å²) < 4.78 is 0. The Labute approximate surface area is 174 Å². The van der Waals surface area contributed by atoms with Gasteiger partial charge in [0.25, 0.3) is 0 Å². The smallest absolute Gasteiger partial charge is 0.0827 e. The zero-order valence-electron chi connectivity index (χ0n) is 17.3. The molecule has 0 aromatic heterocycles. The molecule has 2 aromatic carbocycles. The van der Waals surface area contributed by atoms with Crippen molar-refractivity contribution in [1.29, 1.82) is 0 Å². The van der Waals surface area contributed by atoms with Gasteiger partial charge >= 0.3 is 0 Å². The highest BCUT2D eigenvalue weighted by Crippen LogP contribution is 2.36. The normalized spacial score (nSPS) is 20.9. The van der Waals surface area contributed by atoms with E-state index in [1.54, 1.807) is 5.57 Å². The Morgan fingerprint density at radius 2 is 1.45 bits per heavy atom. The lowest BCUT2D eigenvalue weighted by Gasteiger charge is -2.38. The van der Waals surface area contributed by atoms with Crippen LogP contribution in [-0.2, 0) is 12.8 Å². The van der Waals surface area contributed by atoms with Gasteiger partial charge in [-0.15, -0.1) is 0 Å². The molecule has 4 rings (SSSR count). The summed E-state index contributed by atoms with van der Waals surface area (Å²) in [7, 11) is 0. The van der Waals surface area contributed by atoms with Crippen molar-refractivity contribution < 1.29 is 5.21 Å². The van der Waals surface area contributed by atoms with E-state index in [-0.39, 0.29) is 0 Å². The van der Waals surface area contributed by atoms with Crippen molar-refractivity contribution in [3.05, 3.63) is 82.9 Å². The molecule has 3 nitrogen and oxygen atoms in total. The Balaban J connectivity index is 1.46. The van der Waals surface area contributed by atoms with Crippen LogP contribution in [0.2, 0.25) is 0 Å². The summed E-state index contributed by atoms with van der Waals surface area (Å²) >= 11 is 0. The van der Waals surface area contributed by atoms with Crippen LogP contribution < -0.4 is 0 Å². The van der Waals surface area contributed by atoms with Gasteiger partial charge in [-0.05, 0) is 68.1 Å². The molecular weight excluding hydrogens is 356 g/mol. The summed E-state index contributed by atoms with van der Waals surface area (Å²) in [5.41, 5.74) is 6.69. The highest BCUT2D eigenvalue weighted by molar-refractivity contribution is 6.01. The second-order valence-electron chi connectivity index (χ2n) is 8.39. The third-order valence-corrected chi connectivity index (χ3v) is 6.57. The van der Waals surface area contributed by atoms with E-state index in [0.29, 0.717) is 6.04 Å². The summed E-state index contributed by atoms with van der Waals surface area (Å²) in [5, 5.41) is 13.0. The molecule has 0 saturated heterocycles. The van der Waals surface area contributed by atoms with Crippen molar-refractivity contribution in [2.45, 2.75) is 57.4 Å². The average Bonchev–Trinajstić information content (AvgIpc) is 2.79. The molecule has 0 radical (unpaired) electrons. The molecule has 0 fully saturated rings. The maximum Gasteiger partial charge on any atom is 0.0827 e. The maximum atomic E-state index is 9.37. The van der Waals surface area contributed by atoms with E-state index in [0.717, 1.165) is 57.3 Å². The molecule has 2 aliphatic carbocycles. The number of nitrogens with zero attached hydrogens (tertiary/aromatic N) is 2. The van der Waals surface area contributed by atoms with Gasteiger partial charge in [0.05, 0.1) is 5.71 Å². The number of oxime groups is 1. The van der Waals surface area contributed by atoms with Crippen molar-refractivity contribution in [1.82, 2.24) is 4.90 Å². The highest BCUT2D eigenvalue weighted by atomic mass is 16.4.